The largest absolute Gasteiger partial charge is 0.335 e. The van der Waals surface area contributed by atoms with Gasteiger partial charge in [-0.2, -0.15) is 5.10 Å². The number of thiazole rings is 1. The van der Waals surface area contributed by atoms with E-state index in [-0.39, 0.29) is 5.91 Å². The molecule has 0 N–H and O–H groups in total. The highest BCUT2D eigenvalue weighted by molar-refractivity contribution is 7.13. The van der Waals surface area contributed by atoms with E-state index in [0.717, 1.165) is 43.3 Å². The van der Waals surface area contributed by atoms with E-state index in [0.29, 0.717) is 5.69 Å². The summed E-state index contributed by atoms with van der Waals surface area (Å²) in [5.41, 5.74) is 4.10. The first-order valence-corrected chi connectivity index (χ1v) is 9.98. The van der Waals surface area contributed by atoms with Crippen molar-refractivity contribution < 1.29 is 4.79 Å². The van der Waals surface area contributed by atoms with Crippen molar-refractivity contribution in [2.75, 3.05) is 26.2 Å². The minimum atomic E-state index is 0.0246. The molecule has 0 bridgehead atoms. The Morgan fingerprint density at radius 3 is 2.74 bits per heavy atom. The lowest BCUT2D eigenvalue weighted by molar-refractivity contribution is 0.0623. The number of rotatable bonds is 4. The van der Waals surface area contributed by atoms with Crippen molar-refractivity contribution in [3.05, 3.63) is 58.9 Å². The van der Waals surface area contributed by atoms with Crippen LogP contribution in [-0.2, 0) is 13.6 Å². The molecule has 6 nitrogen and oxygen atoms in total. The number of aromatic nitrogens is 3. The molecule has 0 aliphatic carbocycles. The first-order valence-electron chi connectivity index (χ1n) is 9.10. The standard InChI is InChI=1S/C20H23N5OS/c1-15-4-3-5-16(10-15)12-24-6-8-25(9-7-24)20(26)18-14-27-19(22-18)17-11-21-23(2)13-17/h3-5,10-11,13-14H,6-9,12H2,1-2H3. The van der Waals surface area contributed by atoms with Gasteiger partial charge in [0.2, 0.25) is 0 Å². The van der Waals surface area contributed by atoms with Crippen LogP contribution in [0.3, 0.4) is 0 Å². The summed E-state index contributed by atoms with van der Waals surface area (Å²) in [4.78, 5) is 21.6. The molecule has 3 aromatic rings. The van der Waals surface area contributed by atoms with Crippen LogP contribution >= 0.6 is 11.3 Å². The fourth-order valence-electron chi connectivity index (χ4n) is 3.38. The molecule has 3 heterocycles. The van der Waals surface area contributed by atoms with Crippen molar-refractivity contribution in [2.24, 2.45) is 7.05 Å². The van der Waals surface area contributed by atoms with Gasteiger partial charge in [0.05, 0.1) is 6.20 Å². The Kier molecular flexibility index (Phi) is 5.05. The van der Waals surface area contributed by atoms with Crippen molar-refractivity contribution >= 4 is 17.2 Å². The van der Waals surface area contributed by atoms with Gasteiger partial charge >= 0.3 is 0 Å². The molecule has 0 radical (unpaired) electrons. The van der Waals surface area contributed by atoms with Crippen LogP contribution in [0.4, 0.5) is 0 Å². The summed E-state index contributed by atoms with van der Waals surface area (Å²) < 4.78 is 1.74. The highest BCUT2D eigenvalue weighted by Gasteiger charge is 2.24. The summed E-state index contributed by atoms with van der Waals surface area (Å²) in [6.45, 7) is 6.31. The Hall–Kier alpha value is -2.51. The van der Waals surface area contributed by atoms with E-state index in [9.17, 15) is 4.79 Å². The number of hydrogen-bond acceptors (Lipinski definition) is 5. The van der Waals surface area contributed by atoms with Crippen molar-refractivity contribution in [1.29, 1.82) is 0 Å². The number of nitrogens with zero attached hydrogens (tertiary/aromatic N) is 5. The molecular weight excluding hydrogens is 358 g/mol. The highest BCUT2D eigenvalue weighted by Crippen LogP contribution is 2.24. The van der Waals surface area contributed by atoms with Gasteiger partial charge in [-0.25, -0.2) is 4.98 Å². The van der Waals surface area contributed by atoms with Crippen LogP contribution in [0.15, 0.2) is 42.0 Å². The van der Waals surface area contributed by atoms with E-state index >= 15 is 0 Å². The Morgan fingerprint density at radius 2 is 2.04 bits per heavy atom. The molecule has 0 unspecified atom stereocenters. The average molecular weight is 382 g/mol. The zero-order valence-corrected chi connectivity index (χ0v) is 16.4. The second-order valence-electron chi connectivity index (χ2n) is 7.00. The molecule has 4 rings (SSSR count). The topological polar surface area (TPSA) is 54.3 Å². The van der Waals surface area contributed by atoms with Gasteiger partial charge in [0.1, 0.15) is 10.7 Å². The Bertz CT molecular complexity index is 939. The van der Waals surface area contributed by atoms with Gasteiger partial charge in [-0.3, -0.25) is 14.4 Å². The fraction of sp³-hybridized carbons (Fsp3) is 0.350. The summed E-state index contributed by atoms with van der Waals surface area (Å²) in [5, 5.41) is 6.86. The molecule has 1 aromatic carbocycles. The molecule has 0 spiro atoms. The summed E-state index contributed by atoms with van der Waals surface area (Å²) in [6, 6.07) is 8.62. The van der Waals surface area contributed by atoms with Crippen LogP contribution in [0, 0.1) is 6.92 Å². The third-order valence-corrected chi connectivity index (χ3v) is 5.71. The molecular formula is C20H23N5OS. The molecule has 2 aromatic heterocycles. The number of hydrogen-bond donors (Lipinski definition) is 0. The summed E-state index contributed by atoms with van der Waals surface area (Å²) in [6.07, 6.45) is 3.69. The highest BCUT2D eigenvalue weighted by atomic mass is 32.1. The molecule has 1 aliphatic heterocycles. The molecule has 0 atom stereocenters. The molecule has 27 heavy (non-hydrogen) atoms. The average Bonchev–Trinajstić information content (AvgIpc) is 3.31. The first-order chi connectivity index (χ1) is 13.1. The van der Waals surface area contributed by atoms with Gasteiger partial charge in [-0.1, -0.05) is 29.8 Å². The lowest BCUT2D eigenvalue weighted by Gasteiger charge is -2.34. The number of carbonyl (C=O) groups is 1. The number of aryl methyl sites for hydroxylation is 2. The smallest absolute Gasteiger partial charge is 0.273 e. The molecule has 1 saturated heterocycles. The number of benzene rings is 1. The van der Waals surface area contributed by atoms with Gasteiger partial charge in [0.15, 0.2) is 0 Å². The predicted molar refractivity (Wildman–Crippen MR) is 107 cm³/mol. The van der Waals surface area contributed by atoms with Gasteiger partial charge in [0, 0.05) is 56.9 Å². The Labute approximate surface area is 163 Å². The van der Waals surface area contributed by atoms with Crippen LogP contribution in [-0.4, -0.2) is 56.7 Å². The zero-order valence-electron chi connectivity index (χ0n) is 15.6. The normalized spacial score (nSPS) is 15.3. The monoisotopic (exact) mass is 381 g/mol. The minimum absolute atomic E-state index is 0.0246. The second kappa shape index (κ2) is 7.62. The van der Waals surface area contributed by atoms with Gasteiger partial charge < -0.3 is 4.90 Å². The van der Waals surface area contributed by atoms with Crippen molar-refractivity contribution in [1.82, 2.24) is 24.6 Å². The number of amides is 1. The molecule has 1 fully saturated rings. The molecule has 1 aliphatic rings. The summed E-state index contributed by atoms with van der Waals surface area (Å²) in [5.74, 6) is 0.0246. The quantitative estimate of drug-likeness (QED) is 0.697. The van der Waals surface area contributed by atoms with Crippen LogP contribution < -0.4 is 0 Å². The molecule has 7 heteroatoms. The Balaban J connectivity index is 1.35. The van der Waals surface area contributed by atoms with Crippen LogP contribution in [0.5, 0.6) is 0 Å². The fourth-order valence-corrected chi connectivity index (χ4v) is 4.15. The number of piperazine rings is 1. The van der Waals surface area contributed by atoms with Crippen LogP contribution in [0.25, 0.3) is 10.6 Å². The Morgan fingerprint density at radius 1 is 1.22 bits per heavy atom. The van der Waals surface area contributed by atoms with E-state index in [4.69, 9.17) is 0 Å². The van der Waals surface area contributed by atoms with Crippen LogP contribution in [0.2, 0.25) is 0 Å². The first kappa shape index (κ1) is 17.9. The third kappa shape index (κ3) is 4.09. The summed E-state index contributed by atoms with van der Waals surface area (Å²) in [7, 11) is 1.87. The van der Waals surface area contributed by atoms with E-state index in [2.05, 4.69) is 46.2 Å². The molecule has 0 saturated carbocycles. The van der Waals surface area contributed by atoms with E-state index in [1.54, 1.807) is 10.9 Å². The maximum atomic E-state index is 12.8. The van der Waals surface area contributed by atoms with Crippen molar-refractivity contribution in [3.63, 3.8) is 0 Å². The number of carbonyl (C=O) groups excluding carboxylic acids is 1. The van der Waals surface area contributed by atoms with Gasteiger partial charge in [-0.15, -0.1) is 11.3 Å². The SMILES string of the molecule is Cc1cccc(CN2CCN(C(=O)c3csc(-c4cnn(C)c4)n3)CC2)c1. The van der Waals surface area contributed by atoms with Crippen molar-refractivity contribution in [3.8, 4) is 10.6 Å². The van der Waals surface area contributed by atoms with E-state index in [1.165, 1.54) is 22.5 Å². The zero-order chi connectivity index (χ0) is 18.8. The maximum absolute atomic E-state index is 12.8. The lowest BCUT2D eigenvalue weighted by atomic mass is 10.1. The summed E-state index contributed by atoms with van der Waals surface area (Å²) >= 11 is 1.49. The van der Waals surface area contributed by atoms with Gasteiger partial charge in [-0.05, 0) is 12.5 Å². The second-order valence-corrected chi connectivity index (χ2v) is 7.86. The van der Waals surface area contributed by atoms with Crippen molar-refractivity contribution in [2.45, 2.75) is 13.5 Å². The van der Waals surface area contributed by atoms with E-state index in [1.807, 2.05) is 23.5 Å². The molecule has 1 amide bonds. The maximum Gasteiger partial charge on any atom is 0.273 e. The third-order valence-electron chi connectivity index (χ3n) is 4.82. The lowest BCUT2D eigenvalue weighted by Crippen LogP contribution is -2.48. The predicted octanol–water partition coefficient (Wildman–Crippen LogP) is 2.81. The minimum Gasteiger partial charge on any atom is -0.335 e. The van der Waals surface area contributed by atoms with Crippen LogP contribution in [0.1, 0.15) is 21.6 Å². The van der Waals surface area contributed by atoms with Gasteiger partial charge in [0.25, 0.3) is 5.91 Å². The van der Waals surface area contributed by atoms with E-state index < -0.39 is 0 Å². The molecule has 140 valence electrons.